The zero-order chi connectivity index (χ0) is 11.5. The predicted molar refractivity (Wildman–Crippen MR) is 68.9 cm³/mol. The molecule has 1 aromatic heterocycles. The summed E-state index contributed by atoms with van der Waals surface area (Å²) < 4.78 is 0. The third kappa shape index (κ3) is 2.29. The SMILES string of the molecule is CNc1cccc(N2CCC(C)C(C)C2)n1. The molecule has 1 saturated heterocycles. The molecule has 1 fully saturated rings. The molecule has 0 saturated carbocycles. The molecule has 1 aliphatic rings. The zero-order valence-corrected chi connectivity index (χ0v) is 10.4. The maximum absolute atomic E-state index is 4.59. The Labute approximate surface area is 97.9 Å². The number of hydrogen-bond donors (Lipinski definition) is 1. The summed E-state index contributed by atoms with van der Waals surface area (Å²) in [4.78, 5) is 6.98. The number of aromatic nitrogens is 1. The highest BCUT2D eigenvalue weighted by Gasteiger charge is 2.23. The zero-order valence-electron chi connectivity index (χ0n) is 10.4. The molecule has 0 spiro atoms. The van der Waals surface area contributed by atoms with Gasteiger partial charge in [-0.25, -0.2) is 4.98 Å². The van der Waals surface area contributed by atoms with Gasteiger partial charge >= 0.3 is 0 Å². The van der Waals surface area contributed by atoms with Gasteiger partial charge in [-0.1, -0.05) is 19.9 Å². The fraction of sp³-hybridized carbons (Fsp3) is 0.615. The first-order chi connectivity index (χ1) is 7.70. The number of anilines is 2. The van der Waals surface area contributed by atoms with Crippen LogP contribution in [0, 0.1) is 11.8 Å². The summed E-state index contributed by atoms with van der Waals surface area (Å²) in [5, 5.41) is 3.09. The van der Waals surface area contributed by atoms with E-state index in [0.29, 0.717) is 0 Å². The van der Waals surface area contributed by atoms with Crippen LogP contribution in [0.1, 0.15) is 20.3 Å². The van der Waals surface area contributed by atoms with E-state index in [-0.39, 0.29) is 0 Å². The molecule has 1 aliphatic heterocycles. The molecular weight excluding hydrogens is 198 g/mol. The van der Waals surface area contributed by atoms with E-state index in [1.807, 2.05) is 13.1 Å². The third-order valence-corrected chi connectivity index (χ3v) is 3.65. The van der Waals surface area contributed by atoms with Crippen LogP contribution in [0.25, 0.3) is 0 Å². The van der Waals surface area contributed by atoms with Gasteiger partial charge in [0.2, 0.25) is 0 Å². The number of nitrogens with one attached hydrogen (secondary N) is 1. The molecule has 0 radical (unpaired) electrons. The Balaban J connectivity index is 2.12. The van der Waals surface area contributed by atoms with Gasteiger partial charge in [-0.15, -0.1) is 0 Å². The number of hydrogen-bond acceptors (Lipinski definition) is 3. The summed E-state index contributed by atoms with van der Waals surface area (Å²) in [6, 6.07) is 6.17. The lowest BCUT2D eigenvalue weighted by molar-refractivity contribution is 0.323. The normalized spacial score (nSPS) is 25.6. The van der Waals surface area contributed by atoms with Crippen molar-refractivity contribution >= 4 is 11.6 Å². The Hall–Kier alpha value is -1.25. The molecule has 3 nitrogen and oxygen atoms in total. The lowest BCUT2D eigenvalue weighted by Crippen LogP contribution is -2.38. The maximum Gasteiger partial charge on any atom is 0.130 e. The molecule has 2 heterocycles. The van der Waals surface area contributed by atoms with E-state index < -0.39 is 0 Å². The van der Waals surface area contributed by atoms with Gasteiger partial charge in [0.05, 0.1) is 0 Å². The van der Waals surface area contributed by atoms with Crippen LogP contribution < -0.4 is 10.2 Å². The Morgan fingerprint density at radius 1 is 1.31 bits per heavy atom. The Morgan fingerprint density at radius 3 is 2.81 bits per heavy atom. The number of piperidine rings is 1. The van der Waals surface area contributed by atoms with Crippen molar-refractivity contribution < 1.29 is 0 Å². The highest BCUT2D eigenvalue weighted by atomic mass is 15.2. The minimum absolute atomic E-state index is 0.758. The fourth-order valence-corrected chi connectivity index (χ4v) is 2.21. The molecule has 3 heteroatoms. The van der Waals surface area contributed by atoms with Crippen LogP contribution in [0.3, 0.4) is 0 Å². The van der Waals surface area contributed by atoms with Gasteiger partial charge in [-0.2, -0.15) is 0 Å². The minimum Gasteiger partial charge on any atom is -0.373 e. The quantitative estimate of drug-likeness (QED) is 0.828. The third-order valence-electron chi connectivity index (χ3n) is 3.65. The van der Waals surface area contributed by atoms with Crippen molar-refractivity contribution in [1.29, 1.82) is 0 Å². The van der Waals surface area contributed by atoms with Crippen molar-refractivity contribution in [3.8, 4) is 0 Å². The van der Waals surface area contributed by atoms with Crippen molar-refractivity contribution in [3.05, 3.63) is 18.2 Å². The molecule has 1 N–H and O–H groups in total. The first-order valence-electron chi connectivity index (χ1n) is 6.10. The van der Waals surface area contributed by atoms with E-state index in [1.165, 1.54) is 6.42 Å². The largest absolute Gasteiger partial charge is 0.373 e. The van der Waals surface area contributed by atoms with E-state index in [4.69, 9.17) is 0 Å². The topological polar surface area (TPSA) is 28.2 Å². The van der Waals surface area contributed by atoms with Crippen LogP contribution in [-0.2, 0) is 0 Å². The van der Waals surface area contributed by atoms with Crippen LogP contribution in [0.5, 0.6) is 0 Å². The van der Waals surface area contributed by atoms with Crippen molar-refractivity contribution in [2.45, 2.75) is 20.3 Å². The van der Waals surface area contributed by atoms with E-state index >= 15 is 0 Å². The molecule has 88 valence electrons. The van der Waals surface area contributed by atoms with Crippen molar-refractivity contribution in [3.63, 3.8) is 0 Å². The second-order valence-electron chi connectivity index (χ2n) is 4.82. The van der Waals surface area contributed by atoms with Gasteiger partial charge < -0.3 is 10.2 Å². The molecule has 2 rings (SSSR count). The molecule has 16 heavy (non-hydrogen) atoms. The number of nitrogens with zero attached hydrogens (tertiary/aromatic N) is 2. The molecule has 2 atom stereocenters. The summed E-state index contributed by atoms with van der Waals surface area (Å²) in [6.07, 6.45) is 1.27. The second-order valence-corrected chi connectivity index (χ2v) is 4.82. The molecule has 1 aromatic rings. The lowest BCUT2D eigenvalue weighted by atomic mass is 9.89. The average Bonchev–Trinajstić information content (AvgIpc) is 2.33. The molecular formula is C13H21N3. The van der Waals surface area contributed by atoms with Gasteiger partial charge in [0, 0.05) is 20.1 Å². The Kier molecular flexibility index (Phi) is 3.32. The average molecular weight is 219 g/mol. The summed E-state index contributed by atoms with van der Waals surface area (Å²) in [6.45, 7) is 6.94. The van der Waals surface area contributed by atoms with Gasteiger partial charge in [0.1, 0.15) is 11.6 Å². The standard InChI is InChI=1S/C13H21N3/c1-10-7-8-16(9-11(10)2)13-6-4-5-12(14-3)15-13/h4-6,10-11H,7-9H2,1-3H3,(H,14,15). The molecule has 0 amide bonds. The first kappa shape index (κ1) is 11.2. The molecule has 0 aromatic carbocycles. The molecule has 0 bridgehead atoms. The highest BCUT2D eigenvalue weighted by molar-refractivity contribution is 5.47. The smallest absolute Gasteiger partial charge is 0.130 e. The van der Waals surface area contributed by atoms with Gasteiger partial charge in [0.25, 0.3) is 0 Å². The maximum atomic E-state index is 4.59. The fourth-order valence-electron chi connectivity index (χ4n) is 2.21. The Morgan fingerprint density at radius 2 is 2.12 bits per heavy atom. The van der Waals surface area contributed by atoms with Crippen molar-refractivity contribution in [2.75, 3.05) is 30.4 Å². The lowest BCUT2D eigenvalue weighted by Gasteiger charge is -2.36. The summed E-state index contributed by atoms with van der Waals surface area (Å²) in [5.74, 6) is 3.65. The van der Waals surface area contributed by atoms with E-state index in [9.17, 15) is 0 Å². The second kappa shape index (κ2) is 4.73. The Bertz CT molecular complexity index is 351. The van der Waals surface area contributed by atoms with Gasteiger partial charge in [-0.3, -0.25) is 0 Å². The van der Waals surface area contributed by atoms with Gasteiger partial charge in [0.15, 0.2) is 0 Å². The van der Waals surface area contributed by atoms with Crippen LogP contribution in [0.15, 0.2) is 18.2 Å². The van der Waals surface area contributed by atoms with Crippen LogP contribution in [-0.4, -0.2) is 25.1 Å². The number of rotatable bonds is 2. The van der Waals surface area contributed by atoms with Crippen molar-refractivity contribution in [2.24, 2.45) is 11.8 Å². The minimum atomic E-state index is 0.758. The monoisotopic (exact) mass is 219 g/mol. The van der Waals surface area contributed by atoms with Crippen LogP contribution in [0.2, 0.25) is 0 Å². The molecule has 0 aliphatic carbocycles. The number of pyridine rings is 1. The highest BCUT2D eigenvalue weighted by Crippen LogP contribution is 2.26. The summed E-state index contributed by atoms with van der Waals surface area (Å²) >= 11 is 0. The van der Waals surface area contributed by atoms with Crippen LogP contribution >= 0.6 is 0 Å². The first-order valence-corrected chi connectivity index (χ1v) is 6.10. The summed E-state index contributed by atoms with van der Waals surface area (Å²) in [7, 11) is 1.91. The van der Waals surface area contributed by atoms with Gasteiger partial charge in [-0.05, 0) is 30.4 Å². The van der Waals surface area contributed by atoms with Crippen LogP contribution in [0.4, 0.5) is 11.6 Å². The summed E-state index contributed by atoms with van der Waals surface area (Å²) in [5.41, 5.74) is 0. The van der Waals surface area contributed by atoms with E-state index in [1.54, 1.807) is 0 Å². The predicted octanol–water partition coefficient (Wildman–Crippen LogP) is 2.61. The molecule has 2 unspecified atom stereocenters. The van der Waals surface area contributed by atoms with E-state index in [0.717, 1.165) is 36.6 Å². The van der Waals surface area contributed by atoms with E-state index in [2.05, 4.69) is 41.2 Å². The van der Waals surface area contributed by atoms with Crippen molar-refractivity contribution in [1.82, 2.24) is 4.98 Å².